The molecule has 0 unspecified atom stereocenters. The smallest absolute Gasteiger partial charge is 0.225 e. The Bertz CT molecular complexity index is 820. The summed E-state index contributed by atoms with van der Waals surface area (Å²) in [6, 6.07) is 8.14. The van der Waals surface area contributed by atoms with Crippen LogP contribution in [-0.2, 0) is 17.8 Å². The van der Waals surface area contributed by atoms with Gasteiger partial charge < -0.3 is 19.1 Å². The summed E-state index contributed by atoms with van der Waals surface area (Å²) in [6.07, 6.45) is 6.87. The van der Waals surface area contributed by atoms with Crippen LogP contribution in [0.15, 0.2) is 30.5 Å². The average molecular weight is 413 g/mol. The lowest BCUT2D eigenvalue weighted by molar-refractivity contribution is 0.0674. The van der Waals surface area contributed by atoms with Gasteiger partial charge in [0, 0.05) is 45.5 Å². The zero-order valence-electron chi connectivity index (χ0n) is 18.0. The minimum absolute atomic E-state index is 0.282. The molecule has 162 valence electrons. The number of hydrogen-bond donors (Lipinski definition) is 0. The number of nitrogens with zero attached hydrogens (tertiary/aromatic N) is 4. The van der Waals surface area contributed by atoms with Crippen molar-refractivity contribution >= 4 is 5.95 Å². The Hall–Kier alpha value is -2.38. The number of methoxy groups -OCH3 is 2. The van der Waals surface area contributed by atoms with Gasteiger partial charge in [0.25, 0.3) is 0 Å². The van der Waals surface area contributed by atoms with Gasteiger partial charge in [-0.3, -0.25) is 4.90 Å². The van der Waals surface area contributed by atoms with E-state index < -0.39 is 0 Å². The predicted molar refractivity (Wildman–Crippen MR) is 116 cm³/mol. The number of hydrogen-bond acceptors (Lipinski definition) is 7. The van der Waals surface area contributed by atoms with Crippen molar-refractivity contribution in [3.8, 4) is 11.5 Å². The molecule has 2 aliphatic rings. The number of ether oxygens (including phenoxy) is 3. The maximum atomic E-state index is 5.92. The van der Waals surface area contributed by atoms with Crippen molar-refractivity contribution in [1.82, 2.24) is 14.9 Å². The molecule has 30 heavy (non-hydrogen) atoms. The molecule has 0 bridgehead atoms. The molecule has 2 saturated heterocycles. The van der Waals surface area contributed by atoms with E-state index in [0.29, 0.717) is 0 Å². The normalized spacial score (nSPS) is 18.9. The lowest BCUT2D eigenvalue weighted by Crippen LogP contribution is -2.32. The Morgan fingerprint density at radius 2 is 1.90 bits per heavy atom. The van der Waals surface area contributed by atoms with E-state index >= 15 is 0 Å². The highest BCUT2D eigenvalue weighted by Gasteiger charge is 2.21. The van der Waals surface area contributed by atoms with E-state index in [1.165, 1.54) is 18.4 Å². The monoisotopic (exact) mass is 412 g/mol. The standard InChI is InChI=1S/C23H32N4O3/c1-28-21-8-7-18(14-22(21)29-2)15-26(17-20-6-5-13-30-20)16-19-9-10-24-23(25-19)27-11-3-4-12-27/h7-10,14,20H,3-6,11-13,15-17H2,1-2H3/t20-/m0/s1. The average Bonchev–Trinajstić information content (AvgIpc) is 3.48. The zero-order chi connectivity index (χ0) is 20.8. The van der Waals surface area contributed by atoms with Gasteiger partial charge in [0.1, 0.15) is 0 Å². The first-order valence-corrected chi connectivity index (χ1v) is 10.9. The first-order chi connectivity index (χ1) is 14.7. The van der Waals surface area contributed by atoms with Crippen LogP contribution in [0.25, 0.3) is 0 Å². The SMILES string of the molecule is COc1ccc(CN(Cc2ccnc(N3CCCC3)n2)C[C@@H]2CCCO2)cc1OC. The molecule has 1 aromatic heterocycles. The van der Waals surface area contributed by atoms with Crippen LogP contribution in [0.2, 0.25) is 0 Å². The fraction of sp³-hybridized carbons (Fsp3) is 0.565. The summed E-state index contributed by atoms with van der Waals surface area (Å²) in [5.41, 5.74) is 2.23. The third-order valence-electron chi connectivity index (χ3n) is 5.82. The molecule has 0 N–H and O–H groups in total. The van der Waals surface area contributed by atoms with Crippen LogP contribution in [0.3, 0.4) is 0 Å². The van der Waals surface area contributed by atoms with E-state index in [9.17, 15) is 0 Å². The topological polar surface area (TPSA) is 60.0 Å². The summed E-state index contributed by atoms with van der Waals surface area (Å²) in [6.45, 7) is 5.41. The van der Waals surface area contributed by atoms with Gasteiger partial charge in [-0.15, -0.1) is 0 Å². The van der Waals surface area contributed by atoms with Crippen molar-refractivity contribution < 1.29 is 14.2 Å². The molecule has 1 aromatic carbocycles. The number of rotatable bonds is 9. The third kappa shape index (κ3) is 5.21. The van der Waals surface area contributed by atoms with Crippen molar-refractivity contribution in [3.05, 3.63) is 41.7 Å². The molecule has 2 fully saturated rings. The van der Waals surface area contributed by atoms with E-state index in [4.69, 9.17) is 19.2 Å². The Morgan fingerprint density at radius 3 is 2.63 bits per heavy atom. The van der Waals surface area contributed by atoms with Crippen molar-refractivity contribution in [2.75, 3.05) is 45.4 Å². The summed E-state index contributed by atoms with van der Waals surface area (Å²) in [4.78, 5) is 14.0. The van der Waals surface area contributed by atoms with Crippen molar-refractivity contribution in [2.24, 2.45) is 0 Å². The van der Waals surface area contributed by atoms with Crippen LogP contribution >= 0.6 is 0 Å². The van der Waals surface area contributed by atoms with Crippen LogP contribution < -0.4 is 14.4 Å². The lowest BCUT2D eigenvalue weighted by atomic mass is 10.1. The van der Waals surface area contributed by atoms with Crippen LogP contribution in [-0.4, -0.2) is 61.4 Å². The second-order valence-electron chi connectivity index (χ2n) is 8.04. The Morgan fingerprint density at radius 1 is 1.07 bits per heavy atom. The Balaban J connectivity index is 1.50. The number of benzene rings is 1. The number of aromatic nitrogens is 2. The molecule has 3 heterocycles. The summed E-state index contributed by atoms with van der Waals surface area (Å²) < 4.78 is 16.8. The maximum Gasteiger partial charge on any atom is 0.225 e. The van der Waals surface area contributed by atoms with E-state index in [-0.39, 0.29) is 6.10 Å². The van der Waals surface area contributed by atoms with Crippen molar-refractivity contribution in [3.63, 3.8) is 0 Å². The van der Waals surface area contributed by atoms with Crippen molar-refractivity contribution in [2.45, 2.75) is 44.9 Å². The summed E-state index contributed by atoms with van der Waals surface area (Å²) in [7, 11) is 3.33. The first-order valence-electron chi connectivity index (χ1n) is 10.9. The molecule has 0 aliphatic carbocycles. The molecule has 0 amide bonds. The van der Waals surface area contributed by atoms with Crippen LogP contribution in [0.5, 0.6) is 11.5 Å². The highest BCUT2D eigenvalue weighted by molar-refractivity contribution is 5.42. The molecule has 1 atom stereocenters. The molecule has 7 heteroatoms. The van der Waals surface area contributed by atoms with E-state index in [1.54, 1.807) is 14.2 Å². The van der Waals surface area contributed by atoms with Gasteiger partial charge in [-0.25, -0.2) is 9.97 Å². The summed E-state index contributed by atoms with van der Waals surface area (Å²) >= 11 is 0. The second kappa shape index (κ2) is 10.1. The molecule has 4 rings (SSSR count). The summed E-state index contributed by atoms with van der Waals surface area (Å²) in [5.74, 6) is 2.36. The van der Waals surface area contributed by atoms with Gasteiger partial charge in [-0.05, 0) is 49.4 Å². The minimum Gasteiger partial charge on any atom is -0.493 e. The van der Waals surface area contributed by atoms with Gasteiger partial charge in [0.05, 0.1) is 26.0 Å². The van der Waals surface area contributed by atoms with E-state index in [1.807, 2.05) is 18.3 Å². The second-order valence-corrected chi connectivity index (χ2v) is 8.04. The highest BCUT2D eigenvalue weighted by Crippen LogP contribution is 2.28. The highest BCUT2D eigenvalue weighted by atomic mass is 16.5. The molecule has 7 nitrogen and oxygen atoms in total. The largest absolute Gasteiger partial charge is 0.493 e. The molecule has 0 radical (unpaired) electrons. The third-order valence-corrected chi connectivity index (χ3v) is 5.82. The number of anilines is 1. The fourth-order valence-corrected chi connectivity index (χ4v) is 4.27. The molecular weight excluding hydrogens is 380 g/mol. The predicted octanol–water partition coefficient (Wildman–Crippen LogP) is 3.28. The molecule has 2 aromatic rings. The van der Waals surface area contributed by atoms with Gasteiger partial charge in [0.15, 0.2) is 11.5 Å². The van der Waals surface area contributed by atoms with Gasteiger partial charge >= 0.3 is 0 Å². The maximum absolute atomic E-state index is 5.92. The Labute approximate surface area is 179 Å². The van der Waals surface area contributed by atoms with Gasteiger partial charge in [-0.2, -0.15) is 0 Å². The molecule has 2 aliphatic heterocycles. The molecule has 0 saturated carbocycles. The quantitative estimate of drug-likeness (QED) is 0.626. The van der Waals surface area contributed by atoms with Crippen LogP contribution in [0.1, 0.15) is 36.9 Å². The van der Waals surface area contributed by atoms with E-state index in [2.05, 4.69) is 26.9 Å². The Kier molecular flexibility index (Phi) is 7.02. The summed E-state index contributed by atoms with van der Waals surface area (Å²) in [5, 5.41) is 0. The van der Waals surface area contributed by atoms with E-state index in [0.717, 1.165) is 75.3 Å². The molecular formula is C23H32N4O3. The van der Waals surface area contributed by atoms with Gasteiger partial charge in [0.2, 0.25) is 5.95 Å². The van der Waals surface area contributed by atoms with Crippen LogP contribution in [0, 0.1) is 0 Å². The molecule has 0 spiro atoms. The minimum atomic E-state index is 0.282. The fourth-order valence-electron chi connectivity index (χ4n) is 4.27. The first kappa shape index (κ1) is 20.9. The zero-order valence-corrected chi connectivity index (χ0v) is 18.0. The van der Waals surface area contributed by atoms with Crippen LogP contribution in [0.4, 0.5) is 5.95 Å². The van der Waals surface area contributed by atoms with Gasteiger partial charge in [-0.1, -0.05) is 6.07 Å². The van der Waals surface area contributed by atoms with Crippen molar-refractivity contribution in [1.29, 1.82) is 0 Å². The lowest BCUT2D eigenvalue weighted by Gasteiger charge is -2.26.